The zero-order chi connectivity index (χ0) is 17.6. The number of benzene rings is 2. The Morgan fingerprint density at radius 2 is 1.88 bits per heavy atom. The number of para-hydroxylation sites is 1. The molecule has 0 atom stereocenters. The van der Waals surface area contributed by atoms with Gasteiger partial charge in [0.2, 0.25) is 0 Å². The number of esters is 1. The van der Waals surface area contributed by atoms with E-state index in [-0.39, 0.29) is 18.2 Å². The minimum atomic E-state index is -0.622. The molecule has 0 bridgehead atoms. The summed E-state index contributed by atoms with van der Waals surface area (Å²) < 4.78 is 5.97. The van der Waals surface area contributed by atoms with Crippen molar-refractivity contribution >= 4 is 38.7 Å². The van der Waals surface area contributed by atoms with Crippen LogP contribution in [0.2, 0.25) is 0 Å². The minimum Gasteiger partial charge on any atom is -0.451 e. The molecule has 1 N–H and O–H groups in total. The van der Waals surface area contributed by atoms with Crippen molar-refractivity contribution in [2.75, 3.05) is 6.61 Å². The Bertz CT molecular complexity index is 927. The number of aromatic nitrogens is 1. The van der Waals surface area contributed by atoms with Gasteiger partial charge in [0, 0.05) is 16.4 Å². The Morgan fingerprint density at radius 3 is 2.72 bits per heavy atom. The second-order valence-electron chi connectivity index (χ2n) is 5.37. The normalized spacial score (nSPS) is 10.4. The maximum atomic E-state index is 12.0. The lowest BCUT2D eigenvalue weighted by Crippen LogP contribution is -2.28. The van der Waals surface area contributed by atoms with E-state index in [1.165, 1.54) is 0 Å². The fraction of sp³-hybridized carbons (Fsp3) is 0.105. The number of halogens is 1. The summed E-state index contributed by atoms with van der Waals surface area (Å²) in [5.74, 6) is -0.988. The molecule has 3 rings (SSSR count). The third-order valence-electron chi connectivity index (χ3n) is 3.52. The first-order valence-corrected chi connectivity index (χ1v) is 8.45. The Labute approximate surface area is 153 Å². The lowest BCUT2D eigenvalue weighted by molar-refractivity contribution is -0.124. The number of nitrogens with one attached hydrogen (secondary N) is 1. The average molecular weight is 399 g/mol. The molecule has 3 aromatic rings. The topological polar surface area (TPSA) is 68.3 Å². The van der Waals surface area contributed by atoms with E-state index in [9.17, 15) is 9.59 Å². The number of rotatable bonds is 5. The Hall–Kier alpha value is -2.73. The average Bonchev–Trinajstić information content (AvgIpc) is 2.64. The summed E-state index contributed by atoms with van der Waals surface area (Å²) in [6.07, 6.45) is 0. The highest BCUT2D eigenvalue weighted by molar-refractivity contribution is 9.10. The third-order valence-corrected chi connectivity index (χ3v) is 4.01. The maximum absolute atomic E-state index is 12.0. The number of carbonyl (C=O) groups is 2. The van der Waals surface area contributed by atoms with E-state index in [2.05, 4.69) is 26.2 Å². The monoisotopic (exact) mass is 398 g/mol. The van der Waals surface area contributed by atoms with E-state index < -0.39 is 5.97 Å². The Morgan fingerprint density at radius 1 is 1.04 bits per heavy atom. The van der Waals surface area contributed by atoms with Crippen LogP contribution < -0.4 is 5.32 Å². The molecule has 5 nitrogen and oxygen atoms in total. The highest BCUT2D eigenvalue weighted by Crippen LogP contribution is 2.13. The van der Waals surface area contributed by atoms with E-state index in [0.29, 0.717) is 12.1 Å². The highest BCUT2D eigenvalue weighted by atomic mass is 79.9. The molecule has 0 aliphatic rings. The standard InChI is InChI=1S/C19H15BrN2O3/c20-15-6-3-4-13(10-15)11-21-18(23)12-25-19(24)17-9-8-14-5-1-2-7-16(14)22-17/h1-10H,11-12H2,(H,21,23). The number of nitrogens with zero attached hydrogens (tertiary/aromatic N) is 1. The molecule has 0 fully saturated rings. The largest absolute Gasteiger partial charge is 0.451 e. The van der Waals surface area contributed by atoms with Crippen molar-refractivity contribution in [1.82, 2.24) is 10.3 Å². The van der Waals surface area contributed by atoms with Gasteiger partial charge in [-0.25, -0.2) is 9.78 Å². The first-order chi connectivity index (χ1) is 12.1. The SMILES string of the molecule is O=C(COC(=O)c1ccc2ccccc2n1)NCc1cccc(Br)c1. The molecule has 0 aliphatic heterocycles. The van der Waals surface area contributed by atoms with Crippen molar-refractivity contribution < 1.29 is 14.3 Å². The van der Waals surface area contributed by atoms with Crippen LogP contribution in [0.5, 0.6) is 0 Å². The van der Waals surface area contributed by atoms with Crippen molar-refractivity contribution in [2.45, 2.75) is 6.54 Å². The van der Waals surface area contributed by atoms with Gasteiger partial charge in [0.1, 0.15) is 5.69 Å². The number of hydrogen-bond donors (Lipinski definition) is 1. The molecule has 1 aromatic heterocycles. The summed E-state index contributed by atoms with van der Waals surface area (Å²) in [7, 11) is 0. The van der Waals surface area contributed by atoms with Gasteiger partial charge in [-0.05, 0) is 29.8 Å². The van der Waals surface area contributed by atoms with E-state index in [1.807, 2.05) is 48.5 Å². The molecule has 0 saturated carbocycles. The van der Waals surface area contributed by atoms with Gasteiger partial charge in [0.15, 0.2) is 6.61 Å². The first kappa shape index (κ1) is 17.1. The second kappa shape index (κ2) is 7.90. The maximum Gasteiger partial charge on any atom is 0.357 e. The minimum absolute atomic E-state index is 0.179. The molecule has 2 aromatic carbocycles. The first-order valence-electron chi connectivity index (χ1n) is 7.66. The van der Waals surface area contributed by atoms with Crippen LogP contribution in [0.1, 0.15) is 16.1 Å². The van der Waals surface area contributed by atoms with Gasteiger partial charge < -0.3 is 10.1 Å². The lowest BCUT2D eigenvalue weighted by atomic mass is 10.2. The van der Waals surface area contributed by atoms with Gasteiger partial charge in [-0.2, -0.15) is 0 Å². The van der Waals surface area contributed by atoms with E-state index in [4.69, 9.17) is 4.74 Å². The summed E-state index contributed by atoms with van der Waals surface area (Å²) in [5, 5.41) is 3.64. The van der Waals surface area contributed by atoms with Crippen LogP contribution in [0.15, 0.2) is 65.1 Å². The molecule has 126 valence electrons. The van der Waals surface area contributed by atoms with Crippen LogP contribution in [-0.4, -0.2) is 23.5 Å². The third kappa shape index (κ3) is 4.64. The lowest BCUT2D eigenvalue weighted by Gasteiger charge is -2.07. The van der Waals surface area contributed by atoms with Crippen molar-refractivity contribution in [2.24, 2.45) is 0 Å². The molecule has 1 heterocycles. The number of fused-ring (bicyclic) bond motifs is 1. The van der Waals surface area contributed by atoms with Crippen molar-refractivity contribution in [1.29, 1.82) is 0 Å². The van der Waals surface area contributed by atoms with E-state index in [0.717, 1.165) is 15.4 Å². The van der Waals surface area contributed by atoms with Gasteiger partial charge in [-0.15, -0.1) is 0 Å². The van der Waals surface area contributed by atoms with Crippen LogP contribution in [0.25, 0.3) is 10.9 Å². The van der Waals surface area contributed by atoms with Crippen LogP contribution in [0.3, 0.4) is 0 Å². The smallest absolute Gasteiger partial charge is 0.357 e. The molecule has 0 saturated heterocycles. The number of pyridine rings is 1. The molecular formula is C19H15BrN2O3. The van der Waals surface area contributed by atoms with Gasteiger partial charge in [-0.3, -0.25) is 4.79 Å². The molecule has 25 heavy (non-hydrogen) atoms. The summed E-state index contributed by atoms with van der Waals surface area (Å²) in [6, 6.07) is 18.5. The summed E-state index contributed by atoms with van der Waals surface area (Å²) >= 11 is 3.37. The summed E-state index contributed by atoms with van der Waals surface area (Å²) in [5.41, 5.74) is 1.83. The zero-order valence-corrected chi connectivity index (χ0v) is 14.8. The fourth-order valence-corrected chi connectivity index (χ4v) is 2.73. The number of carbonyl (C=O) groups excluding carboxylic acids is 2. The fourth-order valence-electron chi connectivity index (χ4n) is 2.28. The molecule has 0 unspecified atom stereocenters. The summed E-state index contributed by atoms with van der Waals surface area (Å²) in [6.45, 7) is 0.0192. The van der Waals surface area contributed by atoms with Crippen molar-refractivity contribution in [3.8, 4) is 0 Å². The van der Waals surface area contributed by atoms with Crippen molar-refractivity contribution in [3.05, 3.63) is 76.4 Å². The van der Waals surface area contributed by atoms with Crippen LogP contribution in [0.4, 0.5) is 0 Å². The van der Waals surface area contributed by atoms with Gasteiger partial charge >= 0.3 is 5.97 Å². The molecule has 0 radical (unpaired) electrons. The van der Waals surface area contributed by atoms with Crippen LogP contribution in [0, 0.1) is 0 Å². The van der Waals surface area contributed by atoms with Crippen LogP contribution in [-0.2, 0) is 16.1 Å². The second-order valence-corrected chi connectivity index (χ2v) is 6.29. The Balaban J connectivity index is 1.53. The van der Waals surface area contributed by atoms with Crippen LogP contribution >= 0.6 is 15.9 Å². The highest BCUT2D eigenvalue weighted by Gasteiger charge is 2.12. The predicted octanol–water partition coefficient (Wildman–Crippen LogP) is 3.47. The van der Waals surface area contributed by atoms with Crippen molar-refractivity contribution in [3.63, 3.8) is 0 Å². The number of ether oxygens (including phenoxy) is 1. The zero-order valence-electron chi connectivity index (χ0n) is 13.2. The molecule has 0 spiro atoms. The van der Waals surface area contributed by atoms with E-state index >= 15 is 0 Å². The predicted molar refractivity (Wildman–Crippen MR) is 98.0 cm³/mol. The van der Waals surface area contributed by atoms with Gasteiger partial charge in [-0.1, -0.05) is 52.3 Å². The van der Waals surface area contributed by atoms with Gasteiger partial charge in [0.05, 0.1) is 5.52 Å². The molecule has 0 aliphatic carbocycles. The summed E-state index contributed by atoms with van der Waals surface area (Å²) in [4.78, 5) is 28.1. The number of hydrogen-bond acceptors (Lipinski definition) is 4. The number of amides is 1. The molecular weight excluding hydrogens is 384 g/mol. The molecule has 1 amide bonds. The molecule has 6 heteroatoms. The quantitative estimate of drug-likeness (QED) is 0.668. The Kier molecular flexibility index (Phi) is 5.40. The van der Waals surface area contributed by atoms with Gasteiger partial charge in [0.25, 0.3) is 5.91 Å². The van der Waals surface area contributed by atoms with E-state index in [1.54, 1.807) is 12.1 Å².